The van der Waals surface area contributed by atoms with Gasteiger partial charge in [-0.25, -0.2) is 0 Å². The number of nitrogens with zero attached hydrogens (tertiary/aromatic N) is 3. The van der Waals surface area contributed by atoms with Crippen molar-refractivity contribution in [3.63, 3.8) is 0 Å². The predicted molar refractivity (Wildman–Crippen MR) is 208 cm³/mol. The van der Waals surface area contributed by atoms with E-state index in [4.69, 9.17) is 0 Å². The molecule has 0 amide bonds. The number of anilines is 2. The van der Waals surface area contributed by atoms with Gasteiger partial charge < -0.3 is 14.4 Å². The molecule has 1 aliphatic carbocycles. The lowest BCUT2D eigenvalue weighted by atomic mass is 10.0. The summed E-state index contributed by atoms with van der Waals surface area (Å²) in [5.74, 6) is 0.303. The normalized spacial score (nSPS) is 16.6. The van der Waals surface area contributed by atoms with E-state index in [1.54, 1.807) is 0 Å². The molecule has 48 heavy (non-hydrogen) atoms. The maximum atomic E-state index is 4.25. The van der Waals surface area contributed by atoms with Crippen LogP contribution in [0.25, 0.3) is 33.1 Å². The second kappa shape index (κ2) is 13.9. The van der Waals surface area contributed by atoms with E-state index in [0.29, 0.717) is 5.92 Å². The molecule has 1 aliphatic heterocycles. The largest absolute Gasteiger partial charge is 0.342 e. The van der Waals surface area contributed by atoms with Gasteiger partial charge in [0.25, 0.3) is 0 Å². The molecule has 236 valence electrons. The van der Waals surface area contributed by atoms with Gasteiger partial charge >= 0.3 is 0 Å². The SMILES string of the molecule is C=C/C(=C\C=C(/C)N(C/C=C\C(=C/C)n1c2ccccc2c2ccccc21)c1ccccc1)N1CC2C=CC=CC(=C2)c2ccccc21. The van der Waals surface area contributed by atoms with Crippen molar-refractivity contribution in [2.45, 2.75) is 13.8 Å². The van der Waals surface area contributed by atoms with Gasteiger partial charge in [-0.3, -0.25) is 0 Å². The number of fused-ring (bicyclic) bond motifs is 6. The summed E-state index contributed by atoms with van der Waals surface area (Å²) in [5.41, 5.74) is 10.7. The van der Waals surface area contributed by atoms with Crippen LogP contribution in [0.5, 0.6) is 0 Å². The summed E-state index contributed by atoms with van der Waals surface area (Å²) in [6, 6.07) is 36.6. The molecule has 2 bridgehead atoms. The smallest absolute Gasteiger partial charge is 0.0540 e. The second-order valence-electron chi connectivity index (χ2n) is 12.2. The van der Waals surface area contributed by atoms with Crippen molar-refractivity contribution in [1.29, 1.82) is 0 Å². The summed E-state index contributed by atoms with van der Waals surface area (Å²) >= 11 is 0. The van der Waals surface area contributed by atoms with Crippen molar-refractivity contribution < 1.29 is 0 Å². The van der Waals surface area contributed by atoms with Gasteiger partial charge in [0.05, 0.1) is 11.0 Å². The lowest BCUT2D eigenvalue weighted by Crippen LogP contribution is -2.26. The van der Waals surface area contributed by atoms with Crippen LogP contribution in [0.2, 0.25) is 0 Å². The molecule has 1 unspecified atom stereocenters. The Morgan fingerprint density at radius 2 is 1.50 bits per heavy atom. The number of hydrogen-bond donors (Lipinski definition) is 0. The van der Waals surface area contributed by atoms with Crippen molar-refractivity contribution in [3.8, 4) is 0 Å². The standard InChI is InChI=1S/C45H41N3/c1-4-37(47-33-35-18-9-10-19-36(32-35)40-23-11-14-26-43(40)47)30-29-34(3)46(39-20-7-6-8-21-39)31-17-22-38(5-2)48-44-27-15-12-24-41(44)42-25-13-16-28-45(42)48/h4-30,32,35H,1,31,33H2,2-3H3/b22-17-,34-29+,37-30+,38-5+. The van der Waals surface area contributed by atoms with Crippen LogP contribution in [-0.4, -0.2) is 17.7 Å². The van der Waals surface area contributed by atoms with Gasteiger partial charge in [-0.1, -0.05) is 122 Å². The fourth-order valence-electron chi connectivity index (χ4n) is 6.91. The van der Waals surface area contributed by atoms with Crippen LogP contribution in [0.1, 0.15) is 19.4 Å². The zero-order valence-electron chi connectivity index (χ0n) is 27.7. The Kier molecular flexibility index (Phi) is 8.93. The lowest BCUT2D eigenvalue weighted by Gasteiger charge is -2.28. The van der Waals surface area contributed by atoms with Gasteiger partial charge in [0, 0.05) is 63.8 Å². The Bertz CT molecular complexity index is 2130. The molecular weight excluding hydrogens is 583 g/mol. The Labute approximate surface area is 284 Å². The van der Waals surface area contributed by atoms with Crippen LogP contribution in [0.3, 0.4) is 0 Å². The fourth-order valence-corrected chi connectivity index (χ4v) is 6.91. The van der Waals surface area contributed by atoms with E-state index in [1.807, 2.05) is 6.08 Å². The zero-order valence-corrected chi connectivity index (χ0v) is 27.7. The molecule has 0 radical (unpaired) electrons. The molecule has 3 heteroatoms. The Balaban J connectivity index is 1.20. The first-order chi connectivity index (χ1) is 23.7. The van der Waals surface area contributed by atoms with E-state index >= 15 is 0 Å². The minimum absolute atomic E-state index is 0.303. The number of allylic oxidation sites excluding steroid dienone is 11. The summed E-state index contributed by atoms with van der Waals surface area (Å²) in [6.45, 7) is 10.1. The van der Waals surface area contributed by atoms with Crippen molar-refractivity contribution in [1.82, 2.24) is 4.57 Å². The highest BCUT2D eigenvalue weighted by atomic mass is 15.2. The van der Waals surface area contributed by atoms with E-state index in [1.165, 1.54) is 38.6 Å². The minimum Gasteiger partial charge on any atom is -0.342 e. The Morgan fingerprint density at radius 3 is 2.23 bits per heavy atom. The molecule has 1 atom stereocenters. The highest BCUT2D eigenvalue weighted by molar-refractivity contribution is 6.10. The van der Waals surface area contributed by atoms with Gasteiger partial charge in [-0.15, -0.1) is 0 Å². The summed E-state index contributed by atoms with van der Waals surface area (Å²) in [5, 5.41) is 2.54. The third kappa shape index (κ3) is 6.03. The Morgan fingerprint density at radius 1 is 0.812 bits per heavy atom. The third-order valence-corrected chi connectivity index (χ3v) is 9.26. The quantitative estimate of drug-likeness (QED) is 0.151. The van der Waals surface area contributed by atoms with Crippen molar-refractivity contribution in [2.24, 2.45) is 5.92 Å². The zero-order chi connectivity index (χ0) is 32.9. The number of rotatable bonds is 9. The molecule has 4 aromatic carbocycles. The first kappa shape index (κ1) is 30.8. The van der Waals surface area contributed by atoms with Crippen molar-refractivity contribution >= 4 is 44.5 Å². The predicted octanol–water partition coefficient (Wildman–Crippen LogP) is 11.3. The first-order valence-electron chi connectivity index (χ1n) is 16.7. The van der Waals surface area contributed by atoms with Crippen LogP contribution in [0, 0.1) is 5.92 Å². The van der Waals surface area contributed by atoms with E-state index in [2.05, 4.69) is 199 Å². The van der Waals surface area contributed by atoms with E-state index in [0.717, 1.165) is 35.9 Å². The Hall–Kier alpha value is -5.80. The molecule has 0 N–H and O–H groups in total. The van der Waals surface area contributed by atoms with E-state index in [-0.39, 0.29) is 0 Å². The lowest BCUT2D eigenvalue weighted by molar-refractivity contribution is 0.782. The minimum atomic E-state index is 0.303. The van der Waals surface area contributed by atoms with E-state index in [9.17, 15) is 0 Å². The van der Waals surface area contributed by atoms with Crippen LogP contribution in [0.4, 0.5) is 11.4 Å². The maximum absolute atomic E-state index is 4.25. The molecule has 2 aliphatic rings. The average molecular weight is 624 g/mol. The van der Waals surface area contributed by atoms with Crippen molar-refractivity contribution in [3.05, 3.63) is 194 Å². The molecule has 3 nitrogen and oxygen atoms in total. The summed E-state index contributed by atoms with van der Waals surface area (Å²) in [7, 11) is 0. The van der Waals surface area contributed by atoms with Gasteiger partial charge in [0.1, 0.15) is 0 Å². The summed E-state index contributed by atoms with van der Waals surface area (Å²) < 4.78 is 2.37. The van der Waals surface area contributed by atoms with Crippen LogP contribution in [-0.2, 0) is 0 Å². The maximum Gasteiger partial charge on any atom is 0.0540 e. The highest BCUT2D eigenvalue weighted by Gasteiger charge is 2.22. The van der Waals surface area contributed by atoms with E-state index < -0.39 is 0 Å². The third-order valence-electron chi connectivity index (χ3n) is 9.26. The molecule has 0 saturated heterocycles. The van der Waals surface area contributed by atoms with Gasteiger partial charge in [0.2, 0.25) is 0 Å². The van der Waals surface area contributed by atoms with Crippen LogP contribution < -0.4 is 9.80 Å². The van der Waals surface area contributed by atoms with Gasteiger partial charge in [0.15, 0.2) is 0 Å². The topological polar surface area (TPSA) is 11.4 Å². The molecule has 0 fully saturated rings. The van der Waals surface area contributed by atoms with Crippen LogP contribution >= 0.6 is 0 Å². The molecule has 2 heterocycles. The molecule has 5 aromatic rings. The molecule has 7 rings (SSSR count). The van der Waals surface area contributed by atoms with Crippen LogP contribution in [0.15, 0.2) is 188 Å². The monoisotopic (exact) mass is 623 g/mol. The average Bonchev–Trinajstić information content (AvgIpc) is 3.23. The van der Waals surface area contributed by atoms with Crippen molar-refractivity contribution in [2.75, 3.05) is 22.9 Å². The second-order valence-corrected chi connectivity index (χ2v) is 12.2. The number of hydrogen-bond acceptors (Lipinski definition) is 2. The highest BCUT2D eigenvalue weighted by Crippen LogP contribution is 2.37. The number of benzene rings is 4. The molecular formula is C45H41N3. The van der Waals surface area contributed by atoms with Gasteiger partial charge in [-0.2, -0.15) is 0 Å². The molecule has 1 aromatic heterocycles. The molecule has 0 spiro atoms. The summed E-state index contributed by atoms with van der Waals surface area (Å²) in [4.78, 5) is 4.76. The van der Waals surface area contributed by atoms with Gasteiger partial charge in [-0.05, 0) is 74.1 Å². The molecule has 0 saturated carbocycles. The first-order valence-corrected chi connectivity index (χ1v) is 16.7. The fraction of sp³-hybridized carbons (Fsp3) is 0.111. The summed E-state index contributed by atoms with van der Waals surface area (Å²) in [6.07, 6.45) is 24.3. The number of aromatic nitrogens is 1. The number of para-hydroxylation sites is 4.